The Bertz CT molecular complexity index is 1790. The molecule has 0 atom stereocenters. The molecule has 0 unspecified atom stereocenters. The van der Waals surface area contributed by atoms with E-state index in [2.05, 4.69) is 47.4 Å². The molecule has 4 aromatic carbocycles. The molecule has 6 heteroatoms. The van der Waals surface area contributed by atoms with Crippen molar-refractivity contribution in [2.75, 3.05) is 51.3 Å². The Balaban J connectivity index is 0.911. The van der Waals surface area contributed by atoms with Crippen molar-refractivity contribution >= 4 is 28.3 Å². The second-order valence-electron chi connectivity index (χ2n) is 15.1. The van der Waals surface area contributed by atoms with Crippen molar-refractivity contribution in [3.05, 3.63) is 96.1 Å². The lowest BCUT2D eigenvalue weighted by atomic mass is 9.49. The number of anilines is 1. The molecule has 1 saturated heterocycles. The van der Waals surface area contributed by atoms with Crippen LogP contribution in [0.4, 0.5) is 5.69 Å². The first kappa shape index (κ1) is 31.0. The van der Waals surface area contributed by atoms with Crippen molar-refractivity contribution in [2.45, 2.75) is 45.4 Å². The van der Waals surface area contributed by atoms with E-state index < -0.39 is 0 Å². The summed E-state index contributed by atoms with van der Waals surface area (Å²) >= 11 is 0. The smallest absolute Gasteiger partial charge is 0.254 e. The molecular formula is C42H47N3O3. The van der Waals surface area contributed by atoms with E-state index >= 15 is 0 Å². The lowest BCUT2D eigenvalue weighted by molar-refractivity contribution is -0.0629. The van der Waals surface area contributed by atoms with E-state index in [9.17, 15) is 9.59 Å². The van der Waals surface area contributed by atoms with Gasteiger partial charge in [-0.15, -0.1) is 0 Å². The molecular weight excluding hydrogens is 594 g/mol. The zero-order valence-corrected chi connectivity index (χ0v) is 28.4. The molecule has 4 aliphatic carbocycles. The first-order chi connectivity index (χ1) is 23.4. The van der Waals surface area contributed by atoms with Crippen molar-refractivity contribution in [1.29, 1.82) is 0 Å². The van der Waals surface area contributed by atoms with Crippen LogP contribution in [0.15, 0.2) is 84.9 Å². The van der Waals surface area contributed by atoms with E-state index in [0.717, 1.165) is 81.9 Å². The summed E-state index contributed by atoms with van der Waals surface area (Å²) in [6, 6.07) is 28.5. The van der Waals surface area contributed by atoms with Gasteiger partial charge in [-0.25, -0.2) is 0 Å². The Kier molecular flexibility index (Phi) is 8.14. The number of ether oxygens (including phenoxy) is 1. The molecule has 5 fully saturated rings. The maximum absolute atomic E-state index is 13.9. The highest BCUT2D eigenvalue weighted by Crippen LogP contribution is 2.60. The number of nitrogens with zero attached hydrogens (tertiary/aromatic N) is 3. The van der Waals surface area contributed by atoms with Gasteiger partial charge in [0.05, 0.1) is 6.61 Å². The molecule has 9 rings (SSSR count). The van der Waals surface area contributed by atoms with Gasteiger partial charge < -0.3 is 19.4 Å². The number of benzene rings is 4. The van der Waals surface area contributed by atoms with Crippen molar-refractivity contribution in [3.63, 3.8) is 0 Å². The van der Waals surface area contributed by atoms with Crippen molar-refractivity contribution in [3.8, 4) is 16.9 Å². The van der Waals surface area contributed by atoms with Gasteiger partial charge in [0.1, 0.15) is 5.75 Å². The second-order valence-corrected chi connectivity index (χ2v) is 15.1. The van der Waals surface area contributed by atoms with Crippen molar-refractivity contribution in [1.82, 2.24) is 9.80 Å². The molecule has 0 spiro atoms. The van der Waals surface area contributed by atoms with Crippen LogP contribution < -0.4 is 9.64 Å². The van der Waals surface area contributed by atoms with Crippen LogP contribution in [0.25, 0.3) is 21.9 Å². The summed E-state index contributed by atoms with van der Waals surface area (Å²) in [7, 11) is 2.00. The molecule has 1 heterocycles. The van der Waals surface area contributed by atoms with E-state index in [1.807, 2.05) is 66.2 Å². The summed E-state index contributed by atoms with van der Waals surface area (Å²) in [6.45, 7) is 6.32. The van der Waals surface area contributed by atoms with Crippen molar-refractivity contribution < 1.29 is 14.3 Å². The van der Waals surface area contributed by atoms with Crippen LogP contribution in [0.2, 0.25) is 0 Å². The van der Waals surface area contributed by atoms with Gasteiger partial charge in [0.25, 0.3) is 11.8 Å². The highest BCUT2D eigenvalue weighted by molar-refractivity contribution is 6.11. The van der Waals surface area contributed by atoms with Gasteiger partial charge in [0.2, 0.25) is 0 Å². The summed E-state index contributed by atoms with van der Waals surface area (Å²) in [4.78, 5) is 33.7. The minimum absolute atomic E-state index is 0.0727. The average Bonchev–Trinajstić information content (AvgIpc) is 3.10. The first-order valence-electron chi connectivity index (χ1n) is 18.0. The predicted molar refractivity (Wildman–Crippen MR) is 193 cm³/mol. The molecule has 2 amide bonds. The number of carbonyl (C=O) groups is 2. The Morgan fingerprint density at radius 1 is 0.792 bits per heavy atom. The van der Waals surface area contributed by atoms with E-state index in [1.165, 1.54) is 38.5 Å². The van der Waals surface area contributed by atoms with E-state index in [0.29, 0.717) is 25.1 Å². The fourth-order valence-corrected chi connectivity index (χ4v) is 10.1. The molecule has 1 aliphatic heterocycles. The predicted octanol–water partition coefficient (Wildman–Crippen LogP) is 8.16. The van der Waals surface area contributed by atoms with Gasteiger partial charge >= 0.3 is 0 Å². The molecule has 4 aromatic rings. The van der Waals surface area contributed by atoms with E-state index in [4.69, 9.17) is 4.74 Å². The molecule has 4 saturated carbocycles. The summed E-state index contributed by atoms with van der Waals surface area (Å²) in [5.41, 5.74) is 5.12. The fourth-order valence-electron chi connectivity index (χ4n) is 10.1. The van der Waals surface area contributed by atoms with Gasteiger partial charge in [-0.2, -0.15) is 0 Å². The highest BCUT2D eigenvalue weighted by Gasteiger charge is 2.51. The normalized spacial score (nSPS) is 24.6. The Hall–Kier alpha value is -4.32. The van der Waals surface area contributed by atoms with Crippen LogP contribution in [0, 0.1) is 23.2 Å². The summed E-state index contributed by atoms with van der Waals surface area (Å²) in [6.07, 6.45) is 8.22. The van der Waals surface area contributed by atoms with Gasteiger partial charge in [-0.1, -0.05) is 42.5 Å². The third kappa shape index (κ3) is 5.84. The quantitative estimate of drug-likeness (QED) is 0.195. The minimum Gasteiger partial charge on any atom is -0.494 e. The zero-order chi connectivity index (χ0) is 32.8. The molecule has 0 N–H and O–H groups in total. The number of hydrogen-bond donors (Lipinski definition) is 0. The second kappa shape index (κ2) is 12.6. The van der Waals surface area contributed by atoms with Crippen LogP contribution in [0.3, 0.4) is 0 Å². The monoisotopic (exact) mass is 641 g/mol. The maximum Gasteiger partial charge on any atom is 0.254 e. The molecule has 248 valence electrons. The van der Waals surface area contributed by atoms with Crippen LogP contribution >= 0.6 is 0 Å². The van der Waals surface area contributed by atoms with Crippen LogP contribution in [0.1, 0.15) is 66.2 Å². The van der Waals surface area contributed by atoms with Gasteiger partial charge in [0, 0.05) is 56.6 Å². The number of amides is 2. The number of carbonyl (C=O) groups excluding carboxylic acids is 2. The van der Waals surface area contributed by atoms with E-state index in [1.54, 1.807) is 0 Å². The standard InChI is InChI=1S/C42H47N3O3/c1-3-48-35-8-6-7-33(24-35)36-15-16-39(38-10-5-4-9-37(36)38)41(47)45-19-17-44(18-20-45)34-13-11-32(12-14-34)40(46)43(2)28-42-25-29-21-30(26-42)23-31(22-29)27-42/h4-16,24,29-31H,3,17-23,25-28H2,1-2H3. The van der Waals surface area contributed by atoms with Crippen molar-refractivity contribution in [2.24, 2.45) is 23.2 Å². The van der Waals surface area contributed by atoms with Crippen LogP contribution in [0.5, 0.6) is 5.75 Å². The molecule has 4 bridgehead atoms. The zero-order valence-electron chi connectivity index (χ0n) is 28.4. The summed E-state index contributed by atoms with van der Waals surface area (Å²) in [5, 5.41) is 2.03. The SMILES string of the molecule is CCOc1cccc(-c2ccc(C(=O)N3CCN(c4ccc(C(=O)N(C)CC56CC7CC(CC(C7)C5)C6)cc4)CC3)c3ccccc23)c1. The molecule has 6 nitrogen and oxygen atoms in total. The summed E-state index contributed by atoms with van der Waals surface area (Å²) < 4.78 is 5.75. The lowest BCUT2D eigenvalue weighted by Gasteiger charge is -2.57. The largest absolute Gasteiger partial charge is 0.494 e. The Morgan fingerprint density at radius 2 is 1.46 bits per heavy atom. The third-order valence-corrected chi connectivity index (χ3v) is 11.7. The van der Waals surface area contributed by atoms with Gasteiger partial charge in [-0.3, -0.25) is 9.59 Å². The number of piperazine rings is 1. The first-order valence-corrected chi connectivity index (χ1v) is 18.0. The van der Waals surface area contributed by atoms with Gasteiger partial charge in [0.15, 0.2) is 0 Å². The Morgan fingerprint density at radius 3 is 2.12 bits per heavy atom. The maximum atomic E-state index is 13.9. The average molecular weight is 642 g/mol. The number of fused-ring (bicyclic) bond motifs is 1. The molecule has 0 radical (unpaired) electrons. The van der Waals surface area contributed by atoms with Crippen LogP contribution in [-0.4, -0.2) is 68.0 Å². The minimum atomic E-state index is 0.0727. The summed E-state index contributed by atoms with van der Waals surface area (Å²) in [5.74, 6) is 3.73. The topological polar surface area (TPSA) is 53.1 Å². The lowest BCUT2D eigenvalue weighted by Crippen LogP contribution is -2.51. The molecule has 48 heavy (non-hydrogen) atoms. The fraction of sp³-hybridized carbons (Fsp3) is 0.429. The Labute approximate surface area is 284 Å². The van der Waals surface area contributed by atoms with Gasteiger partial charge in [-0.05, 0) is 133 Å². The number of hydrogen-bond acceptors (Lipinski definition) is 4. The molecule has 5 aliphatic rings. The number of rotatable bonds is 8. The molecule has 0 aromatic heterocycles. The van der Waals surface area contributed by atoms with Crippen LogP contribution in [-0.2, 0) is 0 Å². The highest BCUT2D eigenvalue weighted by atomic mass is 16.5. The van der Waals surface area contributed by atoms with E-state index in [-0.39, 0.29) is 11.8 Å². The third-order valence-electron chi connectivity index (χ3n) is 11.7.